The molecule has 1 heterocycles. The molecule has 25 heavy (non-hydrogen) atoms. The lowest BCUT2D eigenvalue weighted by Gasteiger charge is -2.00. The van der Waals surface area contributed by atoms with Crippen LogP contribution in [0.25, 0.3) is 5.69 Å². The quantitative estimate of drug-likeness (QED) is 0.438. The van der Waals surface area contributed by atoms with Crippen LogP contribution >= 0.6 is 0 Å². The van der Waals surface area contributed by atoms with Crippen LogP contribution in [-0.4, -0.2) is 31.4 Å². The molecule has 0 spiro atoms. The summed E-state index contributed by atoms with van der Waals surface area (Å²) in [6, 6.07) is 16.6. The molecule has 0 aliphatic heterocycles. The maximum Gasteiger partial charge on any atom is 0.438 e. The summed E-state index contributed by atoms with van der Waals surface area (Å²) in [7, 11) is 0. The highest BCUT2D eigenvalue weighted by atomic mass is 16.6. The van der Waals surface area contributed by atoms with E-state index < -0.39 is 10.7 Å². The number of hydrogen-bond acceptors (Lipinski definition) is 5. The minimum Gasteiger partial charge on any atom is -0.409 e. The maximum absolute atomic E-state index is 11.2. The second-order valence-electron chi connectivity index (χ2n) is 5.54. The molecule has 8 heteroatoms. The van der Waals surface area contributed by atoms with Crippen LogP contribution in [0.2, 0.25) is 0 Å². The molecule has 0 amide bonds. The fraction of sp³-hybridized carbons (Fsp3) is 0.176. The first kappa shape index (κ1) is 16.4. The summed E-state index contributed by atoms with van der Waals surface area (Å²) < 4.78 is 0. The van der Waals surface area contributed by atoms with Gasteiger partial charge in [-0.3, -0.25) is 4.99 Å². The predicted octanol–water partition coefficient (Wildman–Crippen LogP) is 2.27. The summed E-state index contributed by atoms with van der Waals surface area (Å²) in [6.45, 7) is 2.30. The summed E-state index contributed by atoms with van der Waals surface area (Å²) in [4.78, 5) is 16.4. The molecule has 0 fully saturated rings. The van der Waals surface area contributed by atoms with Gasteiger partial charge >= 0.3 is 5.82 Å². The Kier molecular flexibility index (Phi) is 4.60. The van der Waals surface area contributed by atoms with Crippen LogP contribution in [0.1, 0.15) is 11.1 Å². The van der Waals surface area contributed by atoms with Crippen molar-refractivity contribution < 1.29 is 10.1 Å². The van der Waals surface area contributed by atoms with Crippen molar-refractivity contribution in [3.05, 3.63) is 81.3 Å². The van der Waals surface area contributed by atoms with Gasteiger partial charge in [-0.1, -0.05) is 52.9 Å². The molecular weight excluding hydrogens is 322 g/mol. The lowest BCUT2D eigenvalue weighted by atomic mass is 10.1. The summed E-state index contributed by atoms with van der Waals surface area (Å²) >= 11 is 0. The Hall–Kier alpha value is -3.42. The first-order valence-electron chi connectivity index (χ1n) is 7.74. The zero-order chi connectivity index (χ0) is 17.8. The molecule has 0 bridgehead atoms. The first-order chi connectivity index (χ1) is 12.1. The summed E-state index contributed by atoms with van der Waals surface area (Å²) in [5, 5.41) is 25.4. The second-order valence-corrected chi connectivity index (χ2v) is 5.54. The van der Waals surface area contributed by atoms with E-state index in [0.717, 1.165) is 15.9 Å². The Morgan fingerprint density at radius 1 is 1.16 bits per heavy atom. The lowest BCUT2D eigenvalue weighted by molar-refractivity contribution is -0.391. The van der Waals surface area contributed by atoms with Crippen LogP contribution in [0, 0.1) is 17.0 Å². The first-order valence-corrected chi connectivity index (χ1v) is 7.74. The zero-order valence-corrected chi connectivity index (χ0v) is 13.6. The van der Waals surface area contributed by atoms with Gasteiger partial charge in [0.2, 0.25) is 0 Å². The van der Waals surface area contributed by atoms with Crippen molar-refractivity contribution >= 4 is 5.82 Å². The second kappa shape index (κ2) is 7.00. The third-order valence-electron chi connectivity index (χ3n) is 3.70. The van der Waals surface area contributed by atoms with Gasteiger partial charge in [-0.15, -0.1) is 0 Å². The molecule has 0 unspecified atom stereocenters. The minimum atomic E-state index is -0.656. The molecule has 0 atom stereocenters. The molecule has 1 aromatic heterocycles. The van der Waals surface area contributed by atoms with Crippen molar-refractivity contribution in [2.75, 3.05) is 6.54 Å². The SMILES string of the molecule is Cc1ccc(CCN=c2c([N+](=O)[O-])nn(-c3ccccc3)n2O)cc1. The van der Waals surface area contributed by atoms with Crippen LogP contribution in [0.5, 0.6) is 0 Å². The van der Waals surface area contributed by atoms with Crippen molar-refractivity contribution in [3.63, 3.8) is 0 Å². The average molecular weight is 339 g/mol. The zero-order valence-electron chi connectivity index (χ0n) is 13.6. The Morgan fingerprint density at radius 2 is 1.84 bits per heavy atom. The van der Waals surface area contributed by atoms with Crippen molar-refractivity contribution in [2.24, 2.45) is 4.99 Å². The summed E-state index contributed by atoms with van der Waals surface area (Å²) in [6.07, 6.45) is 0.605. The summed E-state index contributed by atoms with van der Waals surface area (Å²) in [5.41, 5.74) is 2.54. The Morgan fingerprint density at radius 3 is 2.48 bits per heavy atom. The average Bonchev–Trinajstić information content (AvgIpc) is 2.95. The minimum absolute atomic E-state index is 0.180. The van der Waals surface area contributed by atoms with Crippen LogP contribution < -0.4 is 5.49 Å². The van der Waals surface area contributed by atoms with Crippen molar-refractivity contribution in [2.45, 2.75) is 13.3 Å². The number of aryl methyl sites for hydroxylation is 1. The highest BCUT2D eigenvalue weighted by molar-refractivity contribution is 5.29. The van der Waals surface area contributed by atoms with Gasteiger partial charge in [0.25, 0.3) is 5.49 Å². The van der Waals surface area contributed by atoms with E-state index in [9.17, 15) is 15.3 Å². The Balaban J connectivity index is 1.92. The number of rotatable bonds is 5. The van der Waals surface area contributed by atoms with Crippen LogP contribution in [-0.2, 0) is 6.42 Å². The molecule has 8 nitrogen and oxygen atoms in total. The van der Waals surface area contributed by atoms with Gasteiger partial charge in [0.05, 0.1) is 5.10 Å². The van der Waals surface area contributed by atoms with Crippen LogP contribution in [0.15, 0.2) is 59.6 Å². The van der Waals surface area contributed by atoms with Crippen molar-refractivity contribution in [1.29, 1.82) is 0 Å². The standard InChI is InChI=1S/C17H17N5O3/c1-13-7-9-14(10-8-13)11-12-18-16-17(22(24)25)19-20(21(16)23)15-5-3-2-4-6-15/h2-10,23H,11-12H2,1H3. The molecule has 0 aliphatic rings. The van der Waals surface area contributed by atoms with Gasteiger partial charge in [0, 0.05) is 6.54 Å². The van der Waals surface area contributed by atoms with Crippen molar-refractivity contribution in [1.82, 2.24) is 14.7 Å². The van der Waals surface area contributed by atoms with E-state index in [4.69, 9.17) is 0 Å². The van der Waals surface area contributed by atoms with Crippen molar-refractivity contribution in [3.8, 4) is 5.69 Å². The van der Waals surface area contributed by atoms with E-state index >= 15 is 0 Å². The van der Waals surface area contributed by atoms with Gasteiger partial charge in [0.1, 0.15) is 5.69 Å². The number of benzene rings is 2. The normalized spacial score (nSPS) is 11.6. The predicted molar refractivity (Wildman–Crippen MR) is 90.7 cm³/mol. The molecule has 0 saturated carbocycles. The number of nitrogens with zero attached hydrogens (tertiary/aromatic N) is 5. The monoisotopic (exact) mass is 339 g/mol. The molecule has 0 saturated heterocycles. The van der Waals surface area contributed by atoms with Gasteiger partial charge in [-0.05, 0) is 40.8 Å². The number of aromatic nitrogens is 3. The van der Waals surface area contributed by atoms with Gasteiger partial charge in [0.15, 0.2) is 0 Å². The molecule has 128 valence electrons. The molecule has 1 N–H and O–H groups in total. The van der Waals surface area contributed by atoms with E-state index in [1.165, 1.54) is 0 Å². The molecule has 3 rings (SSSR count). The van der Waals surface area contributed by atoms with E-state index in [1.807, 2.05) is 31.2 Å². The van der Waals surface area contributed by atoms with E-state index in [2.05, 4.69) is 10.1 Å². The van der Waals surface area contributed by atoms with Gasteiger partial charge < -0.3 is 15.3 Å². The summed E-state index contributed by atoms with van der Waals surface area (Å²) in [5.74, 6) is -0.491. The molecule has 0 aliphatic carbocycles. The van der Waals surface area contributed by atoms with E-state index in [1.54, 1.807) is 30.3 Å². The van der Waals surface area contributed by atoms with Crippen LogP contribution in [0.3, 0.4) is 0 Å². The molecule has 0 radical (unpaired) electrons. The lowest BCUT2D eigenvalue weighted by Crippen LogP contribution is -2.22. The molecular formula is C17H17N5O3. The fourth-order valence-electron chi connectivity index (χ4n) is 2.38. The highest BCUT2D eigenvalue weighted by Crippen LogP contribution is 2.08. The fourth-order valence-corrected chi connectivity index (χ4v) is 2.38. The van der Waals surface area contributed by atoms with E-state index in [-0.39, 0.29) is 5.49 Å². The third kappa shape index (κ3) is 3.57. The van der Waals surface area contributed by atoms with Crippen LogP contribution in [0.4, 0.5) is 5.82 Å². The number of para-hydroxylation sites is 1. The molecule has 2 aromatic carbocycles. The Bertz CT molecular complexity index is 943. The maximum atomic E-state index is 11.2. The number of hydrogen-bond donors (Lipinski definition) is 1. The Labute approximate surface area is 143 Å². The third-order valence-corrected chi connectivity index (χ3v) is 3.70. The highest BCUT2D eigenvalue weighted by Gasteiger charge is 2.23. The van der Waals surface area contributed by atoms with Gasteiger partial charge in [-0.25, -0.2) is 0 Å². The number of nitro groups is 1. The molecule has 3 aromatic rings. The largest absolute Gasteiger partial charge is 0.438 e. The topological polar surface area (TPSA) is 98.5 Å². The van der Waals surface area contributed by atoms with Gasteiger partial charge in [-0.2, -0.15) is 0 Å². The van der Waals surface area contributed by atoms with E-state index in [0.29, 0.717) is 23.5 Å². The smallest absolute Gasteiger partial charge is 0.409 e.